The molecule has 0 bridgehead atoms. The lowest BCUT2D eigenvalue weighted by atomic mass is 9.79. The largest absolute Gasteiger partial charge is 0.506 e. The topological polar surface area (TPSA) is 124 Å². The summed E-state index contributed by atoms with van der Waals surface area (Å²) in [4.78, 5) is 48.3. The Morgan fingerprint density at radius 2 is 1.56 bits per heavy atom. The number of halogens is 4. The number of hydrogen-bond acceptors (Lipinski definition) is 7. The van der Waals surface area contributed by atoms with E-state index in [0.29, 0.717) is 43.6 Å². The fraction of sp³-hybridized carbons (Fsp3) is 0.543. The van der Waals surface area contributed by atoms with Gasteiger partial charge in [0.05, 0.1) is 16.6 Å². The summed E-state index contributed by atoms with van der Waals surface area (Å²) >= 11 is 5.98. The number of phenols is 1. The highest BCUT2D eigenvalue weighted by molar-refractivity contribution is 6.32. The molecule has 0 unspecified atom stereocenters. The van der Waals surface area contributed by atoms with Crippen molar-refractivity contribution in [2.45, 2.75) is 63.3 Å². The number of rotatable bonds is 7. The van der Waals surface area contributed by atoms with Crippen LogP contribution in [0.15, 0.2) is 47.3 Å². The molecule has 50 heavy (non-hydrogen) atoms. The lowest BCUT2D eigenvalue weighted by Gasteiger charge is -2.40. The molecule has 0 radical (unpaired) electrons. The number of nitrogens with one attached hydrogen (secondary N) is 1. The van der Waals surface area contributed by atoms with Crippen LogP contribution in [-0.4, -0.2) is 99.0 Å². The van der Waals surface area contributed by atoms with Gasteiger partial charge in [0, 0.05) is 38.2 Å². The molecule has 3 aromatic rings. The van der Waals surface area contributed by atoms with Crippen LogP contribution in [0, 0.1) is 11.8 Å². The first-order chi connectivity index (χ1) is 23.9. The molecule has 0 spiro atoms. The molecule has 0 saturated carbocycles. The zero-order chi connectivity index (χ0) is 35.6. The number of piperidine rings is 3. The van der Waals surface area contributed by atoms with E-state index in [1.807, 2.05) is 30.3 Å². The Labute approximate surface area is 292 Å². The summed E-state index contributed by atoms with van der Waals surface area (Å²) in [5.41, 5.74) is -0.926. The van der Waals surface area contributed by atoms with Crippen LogP contribution in [0.4, 0.5) is 18.0 Å². The van der Waals surface area contributed by atoms with Crippen LogP contribution in [0.3, 0.4) is 0 Å². The molecule has 2 aromatic carbocycles. The van der Waals surface area contributed by atoms with Crippen molar-refractivity contribution in [2.75, 3.05) is 46.3 Å². The second kappa shape index (κ2) is 15.1. The van der Waals surface area contributed by atoms with Gasteiger partial charge >= 0.3 is 18.0 Å². The predicted octanol–water partition coefficient (Wildman–Crippen LogP) is 5.58. The minimum atomic E-state index is -4.89. The summed E-state index contributed by atoms with van der Waals surface area (Å²) < 4.78 is 48.3. The number of H-pyrrole nitrogens is 1. The first-order valence-electron chi connectivity index (χ1n) is 17.1. The minimum absolute atomic E-state index is 0.00155. The first-order valence-corrected chi connectivity index (χ1v) is 17.5. The molecule has 15 heteroatoms. The van der Waals surface area contributed by atoms with Crippen molar-refractivity contribution in [2.24, 2.45) is 11.8 Å². The van der Waals surface area contributed by atoms with Gasteiger partial charge in [-0.3, -0.25) is 9.78 Å². The molecule has 6 rings (SSSR count). The average Bonchev–Trinajstić information content (AvgIpc) is 3.50. The zero-order valence-corrected chi connectivity index (χ0v) is 28.6. The molecule has 2 amide bonds. The average molecular weight is 719 g/mol. The van der Waals surface area contributed by atoms with Gasteiger partial charge in [-0.1, -0.05) is 41.9 Å². The Hall–Kier alpha value is -4.04. The van der Waals surface area contributed by atoms with Gasteiger partial charge in [0.25, 0.3) is 5.91 Å². The molecule has 4 heterocycles. The molecular formula is C35H42ClF3N6O5. The summed E-state index contributed by atoms with van der Waals surface area (Å²) in [6.45, 7) is 3.44. The number of nitrogens with zero attached hydrogens (tertiary/aromatic N) is 5. The lowest BCUT2D eigenvalue weighted by Crippen LogP contribution is -2.49. The van der Waals surface area contributed by atoms with Crippen molar-refractivity contribution in [3.63, 3.8) is 0 Å². The van der Waals surface area contributed by atoms with E-state index in [1.54, 1.807) is 4.90 Å². The summed E-state index contributed by atoms with van der Waals surface area (Å²) in [7, 11) is 2.11. The number of carbonyl (C=O) groups excluding carboxylic acids is 2. The summed E-state index contributed by atoms with van der Waals surface area (Å²) in [5, 5.41) is 14.0. The van der Waals surface area contributed by atoms with Gasteiger partial charge in [-0.25, -0.2) is 14.3 Å². The molecule has 1 atom stereocenters. The molecular weight excluding hydrogens is 677 g/mol. The molecule has 3 aliphatic rings. The van der Waals surface area contributed by atoms with Gasteiger partial charge in [0.1, 0.15) is 5.75 Å². The summed E-state index contributed by atoms with van der Waals surface area (Å²) in [6, 6.07) is 10.9. The van der Waals surface area contributed by atoms with Crippen molar-refractivity contribution in [1.29, 1.82) is 0 Å². The van der Waals surface area contributed by atoms with Crippen molar-refractivity contribution in [3.05, 3.63) is 69.1 Å². The Morgan fingerprint density at radius 1 is 0.960 bits per heavy atom. The van der Waals surface area contributed by atoms with Gasteiger partial charge in [0.15, 0.2) is 11.9 Å². The number of amides is 2. The number of alkyl halides is 3. The van der Waals surface area contributed by atoms with Gasteiger partial charge in [0.2, 0.25) is 0 Å². The van der Waals surface area contributed by atoms with E-state index in [-0.39, 0.29) is 36.8 Å². The normalized spacial score (nSPS) is 19.5. The third-order valence-corrected chi connectivity index (χ3v) is 10.7. The molecule has 2 N–H and O–H groups in total. The SMILES string of the molecule is CN1CCC(C2CCN(C(=O)[C@@H](Cc3cc(Cl)c(O)c(C(F)(F)F)c3)OC(=O)N3CCC(n4nc(-c5ccccc5)[nH]c4=O)CC3)CC2)CC1. The van der Waals surface area contributed by atoms with Crippen molar-refractivity contribution in [3.8, 4) is 17.1 Å². The van der Waals surface area contributed by atoms with Gasteiger partial charge in [-0.2, -0.15) is 13.2 Å². The Balaban J connectivity index is 1.14. The number of benzene rings is 2. The van der Waals surface area contributed by atoms with E-state index in [1.165, 1.54) is 9.58 Å². The van der Waals surface area contributed by atoms with Crippen molar-refractivity contribution >= 4 is 23.6 Å². The van der Waals surface area contributed by atoms with Gasteiger partial charge in [-0.15, -0.1) is 5.10 Å². The maximum atomic E-state index is 13.9. The number of phenolic OH excluding ortho intramolecular Hbond substituents is 1. The first kappa shape index (κ1) is 35.8. The highest BCUT2D eigenvalue weighted by Gasteiger charge is 2.38. The molecule has 3 saturated heterocycles. The number of carbonyl (C=O) groups is 2. The fourth-order valence-corrected chi connectivity index (χ4v) is 7.72. The van der Waals surface area contributed by atoms with E-state index < -0.39 is 40.6 Å². The van der Waals surface area contributed by atoms with Gasteiger partial charge in [-0.05, 0) is 88.2 Å². The molecule has 1 aromatic heterocycles. The zero-order valence-electron chi connectivity index (χ0n) is 27.9. The van der Waals surface area contributed by atoms with E-state index in [0.717, 1.165) is 56.5 Å². The maximum absolute atomic E-state index is 13.9. The second-order valence-electron chi connectivity index (χ2n) is 13.7. The molecule has 0 aliphatic carbocycles. The van der Waals surface area contributed by atoms with Crippen molar-refractivity contribution < 1.29 is 32.6 Å². The Bertz CT molecular complexity index is 1710. The van der Waals surface area contributed by atoms with Crippen molar-refractivity contribution in [1.82, 2.24) is 29.5 Å². The van der Waals surface area contributed by atoms with E-state index >= 15 is 0 Å². The van der Waals surface area contributed by atoms with Crippen LogP contribution in [0.2, 0.25) is 5.02 Å². The highest BCUT2D eigenvalue weighted by Crippen LogP contribution is 2.41. The monoisotopic (exact) mass is 718 g/mol. The second-order valence-corrected chi connectivity index (χ2v) is 14.1. The number of hydrogen-bond donors (Lipinski definition) is 2. The molecule has 3 fully saturated rings. The molecule has 11 nitrogen and oxygen atoms in total. The van der Waals surface area contributed by atoms with Crippen LogP contribution < -0.4 is 5.69 Å². The number of aromatic nitrogens is 3. The minimum Gasteiger partial charge on any atom is -0.506 e. The van der Waals surface area contributed by atoms with Crippen LogP contribution in [0.5, 0.6) is 5.75 Å². The number of aromatic amines is 1. The standard InChI is InChI=1S/C35H42ClF3N6O5/c1-42-13-7-23(8-14-42)24-9-15-43(16-10-24)32(47)29(21-22-19-27(35(37,38)39)30(46)28(36)20-22)50-34(49)44-17-11-26(12-18-44)45-33(48)40-31(41-45)25-5-3-2-4-6-25/h2-6,19-20,23-24,26,29,46H,7-18,21H2,1H3,(H,40,41,48)/t29-/m1/s1. The number of likely N-dealkylation sites (tertiary alicyclic amines) is 3. The predicted molar refractivity (Wildman–Crippen MR) is 180 cm³/mol. The van der Waals surface area contributed by atoms with E-state index in [9.17, 15) is 32.7 Å². The molecule has 3 aliphatic heterocycles. The Kier molecular flexibility index (Phi) is 10.8. The van der Waals surface area contributed by atoms with Crippen LogP contribution >= 0.6 is 11.6 Å². The third-order valence-electron chi connectivity index (χ3n) is 10.4. The highest BCUT2D eigenvalue weighted by atomic mass is 35.5. The smallest absolute Gasteiger partial charge is 0.420 e. The van der Waals surface area contributed by atoms with E-state index in [4.69, 9.17) is 16.3 Å². The number of ether oxygens (including phenoxy) is 1. The summed E-state index contributed by atoms with van der Waals surface area (Å²) in [5.74, 6) is -0.0802. The van der Waals surface area contributed by atoms with Crippen LogP contribution in [-0.2, 0) is 22.1 Å². The number of aromatic hydroxyl groups is 1. The Morgan fingerprint density at radius 3 is 2.18 bits per heavy atom. The third kappa shape index (κ3) is 8.12. The lowest BCUT2D eigenvalue weighted by molar-refractivity contribution is -0.142. The summed E-state index contributed by atoms with van der Waals surface area (Å²) in [6.07, 6.45) is -2.81. The van der Waals surface area contributed by atoms with Crippen LogP contribution in [0.25, 0.3) is 11.4 Å². The van der Waals surface area contributed by atoms with E-state index in [2.05, 4.69) is 22.0 Å². The quantitative estimate of drug-likeness (QED) is 0.327. The maximum Gasteiger partial charge on any atom is 0.420 e. The van der Waals surface area contributed by atoms with Crippen LogP contribution in [0.1, 0.15) is 55.7 Å². The molecule has 270 valence electrons. The fourth-order valence-electron chi connectivity index (χ4n) is 7.48. The van der Waals surface area contributed by atoms with Gasteiger partial charge < -0.3 is 24.5 Å².